The predicted octanol–water partition coefficient (Wildman–Crippen LogP) is 2.17. The van der Waals surface area contributed by atoms with Crippen molar-refractivity contribution in [2.75, 3.05) is 13.1 Å². The first-order chi connectivity index (χ1) is 8.93. The minimum absolute atomic E-state index is 0.132. The Morgan fingerprint density at radius 2 is 1.89 bits per heavy atom. The van der Waals surface area contributed by atoms with E-state index in [0.29, 0.717) is 6.54 Å². The molecule has 1 aromatic carbocycles. The van der Waals surface area contributed by atoms with E-state index in [1.165, 1.54) is 10.5 Å². The average Bonchev–Trinajstić information content (AvgIpc) is 2.33. The number of hydrogen-bond donors (Lipinski definition) is 1. The van der Waals surface area contributed by atoms with Gasteiger partial charge in [0.05, 0.1) is 6.42 Å². The Morgan fingerprint density at radius 3 is 2.42 bits per heavy atom. The van der Waals surface area contributed by atoms with E-state index in [2.05, 4.69) is 0 Å². The molecule has 104 valence electrons. The molecule has 1 aromatic rings. The lowest BCUT2D eigenvalue weighted by molar-refractivity contribution is -0.144. The lowest BCUT2D eigenvalue weighted by Gasteiger charge is -2.20. The van der Waals surface area contributed by atoms with Crippen molar-refractivity contribution in [1.82, 2.24) is 4.90 Å². The molecule has 0 bridgehead atoms. The smallest absolute Gasteiger partial charge is 0.323 e. The van der Waals surface area contributed by atoms with Gasteiger partial charge in [0.25, 0.3) is 0 Å². The first kappa shape index (κ1) is 15.2. The van der Waals surface area contributed by atoms with Crippen LogP contribution >= 0.6 is 0 Å². The monoisotopic (exact) mass is 263 g/mol. The van der Waals surface area contributed by atoms with Crippen molar-refractivity contribution in [1.29, 1.82) is 0 Å². The van der Waals surface area contributed by atoms with Gasteiger partial charge in [-0.2, -0.15) is 0 Å². The normalized spacial score (nSPS) is 10.3. The Bertz CT molecular complexity index is 468. The summed E-state index contributed by atoms with van der Waals surface area (Å²) in [6.07, 6.45) is 1.01. The molecule has 4 nitrogen and oxygen atoms in total. The summed E-state index contributed by atoms with van der Waals surface area (Å²) in [5, 5.41) is 8.81. The molecule has 0 unspecified atom stereocenters. The molecule has 0 aliphatic rings. The van der Waals surface area contributed by atoms with Gasteiger partial charge in [0.2, 0.25) is 5.91 Å². The maximum atomic E-state index is 12.1. The van der Waals surface area contributed by atoms with Gasteiger partial charge in [-0.15, -0.1) is 0 Å². The van der Waals surface area contributed by atoms with E-state index in [4.69, 9.17) is 5.11 Å². The largest absolute Gasteiger partial charge is 0.480 e. The van der Waals surface area contributed by atoms with Crippen LogP contribution in [-0.2, 0) is 16.0 Å². The fourth-order valence-corrected chi connectivity index (χ4v) is 1.93. The molecule has 0 atom stereocenters. The molecule has 1 N–H and O–H groups in total. The highest BCUT2D eigenvalue weighted by Gasteiger charge is 2.16. The summed E-state index contributed by atoms with van der Waals surface area (Å²) in [4.78, 5) is 24.2. The molecule has 0 saturated heterocycles. The summed E-state index contributed by atoms with van der Waals surface area (Å²) >= 11 is 0. The fourth-order valence-electron chi connectivity index (χ4n) is 1.93. The summed E-state index contributed by atoms with van der Waals surface area (Å²) in [6, 6.07) is 5.89. The van der Waals surface area contributed by atoms with Crippen LogP contribution in [0.2, 0.25) is 0 Å². The lowest BCUT2D eigenvalue weighted by atomic mass is 10.0. The second kappa shape index (κ2) is 6.92. The fraction of sp³-hybridized carbons (Fsp3) is 0.467. The van der Waals surface area contributed by atoms with Gasteiger partial charge in [0.1, 0.15) is 6.54 Å². The zero-order chi connectivity index (χ0) is 14.4. The third kappa shape index (κ3) is 4.73. The van der Waals surface area contributed by atoms with Crippen molar-refractivity contribution in [3.05, 3.63) is 34.9 Å². The van der Waals surface area contributed by atoms with E-state index in [9.17, 15) is 9.59 Å². The van der Waals surface area contributed by atoms with Crippen LogP contribution in [0.4, 0.5) is 0 Å². The molecule has 0 aromatic heterocycles. The van der Waals surface area contributed by atoms with Crippen LogP contribution in [0.3, 0.4) is 0 Å². The second-order valence-electron chi connectivity index (χ2n) is 4.80. The molecule has 0 aliphatic carbocycles. The first-order valence-corrected chi connectivity index (χ1v) is 6.49. The van der Waals surface area contributed by atoms with Gasteiger partial charge in [-0.3, -0.25) is 9.59 Å². The van der Waals surface area contributed by atoms with Crippen LogP contribution in [-0.4, -0.2) is 35.0 Å². The minimum atomic E-state index is -0.970. The van der Waals surface area contributed by atoms with Crippen molar-refractivity contribution in [3.8, 4) is 0 Å². The highest BCUT2D eigenvalue weighted by molar-refractivity contribution is 5.83. The number of carbonyl (C=O) groups excluding carboxylic acids is 1. The van der Waals surface area contributed by atoms with Gasteiger partial charge in [-0.25, -0.2) is 0 Å². The summed E-state index contributed by atoms with van der Waals surface area (Å²) in [5.74, 6) is -1.10. The molecule has 0 heterocycles. The minimum Gasteiger partial charge on any atom is -0.480 e. The van der Waals surface area contributed by atoms with Crippen LogP contribution in [0.15, 0.2) is 18.2 Å². The van der Waals surface area contributed by atoms with Gasteiger partial charge < -0.3 is 10.0 Å². The number of rotatable bonds is 6. The van der Waals surface area contributed by atoms with E-state index < -0.39 is 5.97 Å². The maximum Gasteiger partial charge on any atom is 0.323 e. The van der Waals surface area contributed by atoms with Crippen molar-refractivity contribution >= 4 is 11.9 Å². The molecule has 0 spiro atoms. The predicted molar refractivity (Wildman–Crippen MR) is 74.1 cm³/mol. The van der Waals surface area contributed by atoms with Gasteiger partial charge in [-0.05, 0) is 37.0 Å². The molecule has 19 heavy (non-hydrogen) atoms. The third-order valence-corrected chi connectivity index (χ3v) is 3.10. The Kier molecular flexibility index (Phi) is 5.55. The molecule has 1 rings (SSSR count). The van der Waals surface area contributed by atoms with Crippen LogP contribution in [0.25, 0.3) is 0 Å². The van der Waals surface area contributed by atoms with E-state index in [-0.39, 0.29) is 18.9 Å². The number of carboxylic acids is 1. The number of amides is 1. The number of carboxylic acid groups (broad SMARTS) is 1. The lowest BCUT2D eigenvalue weighted by Crippen LogP contribution is -2.37. The number of aliphatic carboxylic acids is 1. The molecule has 0 fully saturated rings. The van der Waals surface area contributed by atoms with Gasteiger partial charge >= 0.3 is 5.97 Å². The van der Waals surface area contributed by atoms with Crippen LogP contribution < -0.4 is 0 Å². The van der Waals surface area contributed by atoms with Crippen LogP contribution in [0, 0.1) is 13.8 Å². The quantitative estimate of drug-likeness (QED) is 0.855. The standard InChI is InChI=1S/C15H21NO3/c1-4-7-16(10-15(18)19)14(17)9-13-6-5-11(2)12(3)8-13/h5-6,8H,4,7,9-10H2,1-3H3,(H,18,19). The average molecular weight is 263 g/mol. The van der Waals surface area contributed by atoms with E-state index >= 15 is 0 Å². The summed E-state index contributed by atoms with van der Waals surface area (Å²) in [6.45, 7) is 6.21. The molecule has 0 aliphatic heterocycles. The molecule has 0 radical (unpaired) electrons. The number of nitrogens with zero attached hydrogens (tertiary/aromatic N) is 1. The number of carbonyl (C=O) groups is 2. The summed E-state index contributed by atoms with van der Waals surface area (Å²) in [5.41, 5.74) is 3.26. The second-order valence-corrected chi connectivity index (χ2v) is 4.80. The molecule has 1 amide bonds. The van der Waals surface area contributed by atoms with E-state index in [1.54, 1.807) is 0 Å². The molecule has 0 saturated carbocycles. The van der Waals surface area contributed by atoms with Crippen molar-refractivity contribution in [3.63, 3.8) is 0 Å². The summed E-state index contributed by atoms with van der Waals surface area (Å²) in [7, 11) is 0. The summed E-state index contributed by atoms with van der Waals surface area (Å²) < 4.78 is 0. The maximum absolute atomic E-state index is 12.1. The molecular weight excluding hydrogens is 242 g/mol. The van der Waals surface area contributed by atoms with Crippen LogP contribution in [0.5, 0.6) is 0 Å². The molecular formula is C15H21NO3. The molecule has 4 heteroatoms. The van der Waals surface area contributed by atoms with Crippen molar-refractivity contribution in [2.24, 2.45) is 0 Å². The number of benzene rings is 1. The van der Waals surface area contributed by atoms with Crippen LogP contribution in [0.1, 0.15) is 30.0 Å². The topological polar surface area (TPSA) is 57.6 Å². The first-order valence-electron chi connectivity index (χ1n) is 6.49. The highest BCUT2D eigenvalue weighted by atomic mass is 16.4. The SMILES string of the molecule is CCCN(CC(=O)O)C(=O)Cc1ccc(C)c(C)c1. The number of aryl methyl sites for hydroxylation is 2. The zero-order valence-electron chi connectivity index (χ0n) is 11.8. The van der Waals surface area contributed by atoms with Crippen molar-refractivity contribution in [2.45, 2.75) is 33.6 Å². The Balaban J connectivity index is 2.74. The number of hydrogen-bond acceptors (Lipinski definition) is 2. The van der Waals surface area contributed by atoms with Gasteiger partial charge in [0, 0.05) is 6.54 Å². The van der Waals surface area contributed by atoms with Gasteiger partial charge in [0.15, 0.2) is 0 Å². The Hall–Kier alpha value is -1.84. The van der Waals surface area contributed by atoms with Gasteiger partial charge in [-0.1, -0.05) is 25.1 Å². The Morgan fingerprint density at radius 1 is 1.21 bits per heavy atom. The Labute approximate surface area is 114 Å². The highest BCUT2D eigenvalue weighted by Crippen LogP contribution is 2.11. The zero-order valence-corrected chi connectivity index (χ0v) is 11.8. The third-order valence-electron chi connectivity index (χ3n) is 3.10. The van der Waals surface area contributed by atoms with Crippen molar-refractivity contribution < 1.29 is 14.7 Å². The van der Waals surface area contributed by atoms with E-state index in [1.807, 2.05) is 39.0 Å². The van der Waals surface area contributed by atoms with E-state index in [0.717, 1.165) is 17.5 Å².